The molecule has 1 N–H and O–H groups in total. The van der Waals surface area contributed by atoms with Crippen molar-refractivity contribution < 1.29 is 23.5 Å². The molecular formula is C21H22N2O5. The second-order valence-electron chi connectivity index (χ2n) is 6.16. The summed E-state index contributed by atoms with van der Waals surface area (Å²) in [5, 5.41) is 6.73. The van der Waals surface area contributed by atoms with Crippen molar-refractivity contribution in [2.24, 2.45) is 0 Å². The lowest BCUT2D eigenvalue weighted by molar-refractivity contribution is 0.101. The molecule has 28 heavy (non-hydrogen) atoms. The number of aromatic nitrogens is 1. The highest BCUT2D eigenvalue weighted by atomic mass is 16.5. The van der Waals surface area contributed by atoms with Gasteiger partial charge in [0.25, 0.3) is 5.91 Å². The Kier molecular flexibility index (Phi) is 5.84. The van der Waals surface area contributed by atoms with Gasteiger partial charge in [0.15, 0.2) is 17.2 Å². The van der Waals surface area contributed by atoms with Gasteiger partial charge >= 0.3 is 0 Å². The quantitative estimate of drug-likeness (QED) is 0.661. The van der Waals surface area contributed by atoms with Gasteiger partial charge in [0.1, 0.15) is 18.1 Å². The molecule has 146 valence electrons. The second kappa shape index (κ2) is 8.47. The van der Waals surface area contributed by atoms with Crippen LogP contribution in [0.1, 0.15) is 27.4 Å². The molecule has 3 rings (SSSR count). The molecule has 0 saturated carbocycles. The van der Waals surface area contributed by atoms with Gasteiger partial charge in [-0.15, -0.1) is 0 Å². The third-order valence-electron chi connectivity index (χ3n) is 4.24. The number of benzene rings is 2. The van der Waals surface area contributed by atoms with Crippen molar-refractivity contribution in [3.8, 4) is 17.2 Å². The first-order valence-corrected chi connectivity index (χ1v) is 8.70. The predicted molar refractivity (Wildman–Crippen MR) is 104 cm³/mol. The number of rotatable bonds is 7. The van der Waals surface area contributed by atoms with Crippen LogP contribution in [-0.2, 0) is 6.61 Å². The number of carbonyl (C=O) groups is 1. The van der Waals surface area contributed by atoms with Gasteiger partial charge in [-0.25, -0.2) is 0 Å². The summed E-state index contributed by atoms with van der Waals surface area (Å²) in [6, 6.07) is 12.8. The van der Waals surface area contributed by atoms with Crippen LogP contribution in [0, 0.1) is 13.8 Å². The first-order valence-electron chi connectivity index (χ1n) is 8.70. The Balaban J connectivity index is 1.80. The molecule has 1 aromatic heterocycles. The number of carbonyl (C=O) groups excluding carboxylic acids is 1. The summed E-state index contributed by atoms with van der Waals surface area (Å²) in [5.41, 5.74) is 2.28. The van der Waals surface area contributed by atoms with Crippen molar-refractivity contribution in [3.63, 3.8) is 0 Å². The topological polar surface area (TPSA) is 82.8 Å². The van der Waals surface area contributed by atoms with E-state index in [0.29, 0.717) is 34.3 Å². The minimum atomic E-state index is -0.403. The molecule has 0 fully saturated rings. The Bertz CT molecular complexity index is 981. The number of hydrogen-bond donors (Lipinski definition) is 1. The largest absolute Gasteiger partial charge is 0.495 e. The molecule has 0 unspecified atom stereocenters. The number of methoxy groups -OCH3 is 2. The molecule has 1 amide bonds. The maximum Gasteiger partial charge on any atom is 0.278 e. The van der Waals surface area contributed by atoms with Crippen molar-refractivity contribution in [2.45, 2.75) is 20.5 Å². The van der Waals surface area contributed by atoms with E-state index in [2.05, 4.69) is 10.5 Å². The number of ether oxygens (including phenoxy) is 3. The van der Waals surface area contributed by atoms with E-state index in [9.17, 15) is 4.79 Å². The van der Waals surface area contributed by atoms with Crippen molar-refractivity contribution in [2.75, 3.05) is 19.5 Å². The fourth-order valence-corrected chi connectivity index (χ4v) is 2.73. The molecule has 3 aromatic rings. The summed E-state index contributed by atoms with van der Waals surface area (Å²) in [6.07, 6.45) is 0. The number of nitrogens with one attached hydrogen (secondary N) is 1. The average molecular weight is 382 g/mol. The second-order valence-corrected chi connectivity index (χ2v) is 6.16. The van der Waals surface area contributed by atoms with E-state index in [1.54, 1.807) is 39.3 Å². The van der Waals surface area contributed by atoms with Crippen LogP contribution < -0.4 is 19.5 Å². The van der Waals surface area contributed by atoms with Crippen molar-refractivity contribution >= 4 is 11.6 Å². The summed E-state index contributed by atoms with van der Waals surface area (Å²) < 4.78 is 21.6. The molecule has 0 aliphatic rings. The van der Waals surface area contributed by atoms with Crippen molar-refractivity contribution in [3.05, 3.63) is 65.0 Å². The average Bonchev–Trinajstić information content (AvgIpc) is 3.07. The maximum atomic E-state index is 12.8. The zero-order valence-electron chi connectivity index (χ0n) is 16.2. The normalized spacial score (nSPS) is 10.4. The molecule has 0 bridgehead atoms. The molecule has 7 heteroatoms. The third kappa shape index (κ3) is 4.09. The first-order chi connectivity index (χ1) is 13.5. The van der Waals surface area contributed by atoms with E-state index in [0.717, 1.165) is 5.56 Å². The Hall–Kier alpha value is -3.48. The van der Waals surface area contributed by atoms with Crippen LogP contribution in [0.4, 0.5) is 5.69 Å². The molecule has 0 aliphatic heterocycles. The fraction of sp³-hybridized carbons (Fsp3) is 0.238. The molecule has 0 atom stereocenters. The lowest BCUT2D eigenvalue weighted by Gasteiger charge is -2.12. The number of anilines is 1. The zero-order valence-corrected chi connectivity index (χ0v) is 16.2. The van der Waals surface area contributed by atoms with Crippen LogP contribution in [0.15, 0.2) is 47.0 Å². The molecule has 0 radical (unpaired) electrons. The van der Waals surface area contributed by atoms with E-state index in [1.807, 2.05) is 31.2 Å². The van der Waals surface area contributed by atoms with Crippen LogP contribution in [-0.4, -0.2) is 25.3 Å². The predicted octanol–water partition coefficient (Wildman–Crippen LogP) is 4.14. The molecule has 0 saturated heterocycles. The Morgan fingerprint density at radius 3 is 2.46 bits per heavy atom. The summed E-state index contributed by atoms with van der Waals surface area (Å²) in [7, 11) is 3.12. The number of para-hydroxylation sites is 2. The van der Waals surface area contributed by atoms with Gasteiger partial charge in [0, 0.05) is 0 Å². The van der Waals surface area contributed by atoms with E-state index in [-0.39, 0.29) is 12.3 Å². The zero-order chi connectivity index (χ0) is 20.1. The standard InChI is InChI=1S/C21H22N2O5/c1-13-9-10-17(25-3)16(11-13)22-21(24)20-15(14(2)28-23-20)12-27-19-8-6-5-7-18(19)26-4/h5-11H,12H2,1-4H3,(H,22,24). The molecule has 0 spiro atoms. The molecular weight excluding hydrogens is 360 g/mol. The van der Waals surface area contributed by atoms with Crippen LogP contribution in [0.25, 0.3) is 0 Å². The van der Waals surface area contributed by atoms with Crippen LogP contribution in [0.3, 0.4) is 0 Å². The first kappa shape index (κ1) is 19.3. The van der Waals surface area contributed by atoms with Gasteiger partial charge < -0.3 is 24.1 Å². The van der Waals surface area contributed by atoms with Gasteiger partial charge in [-0.3, -0.25) is 4.79 Å². The van der Waals surface area contributed by atoms with Crippen molar-refractivity contribution in [1.29, 1.82) is 0 Å². The van der Waals surface area contributed by atoms with Crippen LogP contribution >= 0.6 is 0 Å². The number of aryl methyl sites for hydroxylation is 2. The summed E-state index contributed by atoms with van der Waals surface area (Å²) in [4.78, 5) is 12.8. The molecule has 0 aliphatic carbocycles. The number of hydrogen-bond acceptors (Lipinski definition) is 6. The lowest BCUT2D eigenvalue weighted by atomic mass is 10.1. The van der Waals surface area contributed by atoms with Gasteiger partial charge in [-0.2, -0.15) is 0 Å². The van der Waals surface area contributed by atoms with E-state index in [4.69, 9.17) is 18.7 Å². The lowest BCUT2D eigenvalue weighted by Crippen LogP contribution is -2.16. The van der Waals surface area contributed by atoms with Gasteiger partial charge in [0.05, 0.1) is 25.5 Å². The van der Waals surface area contributed by atoms with Crippen LogP contribution in [0.5, 0.6) is 17.2 Å². The third-order valence-corrected chi connectivity index (χ3v) is 4.24. The van der Waals surface area contributed by atoms with Gasteiger partial charge in [0.2, 0.25) is 0 Å². The van der Waals surface area contributed by atoms with Gasteiger partial charge in [-0.1, -0.05) is 23.4 Å². The summed E-state index contributed by atoms with van der Waals surface area (Å²) in [5.74, 6) is 1.84. The molecule has 2 aromatic carbocycles. The SMILES string of the molecule is COc1ccc(C)cc1NC(=O)c1noc(C)c1COc1ccccc1OC. The van der Waals surface area contributed by atoms with Crippen molar-refractivity contribution in [1.82, 2.24) is 5.16 Å². The monoisotopic (exact) mass is 382 g/mol. The van der Waals surface area contributed by atoms with Crippen LogP contribution in [0.2, 0.25) is 0 Å². The smallest absolute Gasteiger partial charge is 0.278 e. The highest BCUT2D eigenvalue weighted by molar-refractivity contribution is 6.04. The van der Waals surface area contributed by atoms with E-state index in [1.165, 1.54) is 0 Å². The molecule has 7 nitrogen and oxygen atoms in total. The van der Waals surface area contributed by atoms with Gasteiger partial charge in [-0.05, 0) is 43.7 Å². The number of nitrogens with zero attached hydrogens (tertiary/aromatic N) is 1. The Morgan fingerprint density at radius 2 is 1.75 bits per heavy atom. The fourth-order valence-electron chi connectivity index (χ4n) is 2.73. The summed E-state index contributed by atoms with van der Waals surface area (Å²) >= 11 is 0. The summed E-state index contributed by atoms with van der Waals surface area (Å²) in [6.45, 7) is 3.78. The minimum Gasteiger partial charge on any atom is -0.495 e. The maximum absolute atomic E-state index is 12.8. The highest BCUT2D eigenvalue weighted by Gasteiger charge is 2.22. The highest BCUT2D eigenvalue weighted by Crippen LogP contribution is 2.29. The van der Waals surface area contributed by atoms with E-state index >= 15 is 0 Å². The molecule has 1 heterocycles. The Labute approximate surface area is 163 Å². The number of amides is 1. The van der Waals surface area contributed by atoms with E-state index < -0.39 is 5.91 Å². The minimum absolute atomic E-state index is 0.114. The Morgan fingerprint density at radius 1 is 1.04 bits per heavy atom.